The van der Waals surface area contributed by atoms with Crippen LogP contribution in [0.25, 0.3) is 0 Å². The Labute approximate surface area is 102 Å². The molecule has 1 aromatic carbocycles. The molecule has 0 amide bonds. The van der Waals surface area contributed by atoms with Crippen molar-refractivity contribution in [3.05, 3.63) is 30.1 Å². The molecule has 94 valence electrons. The first-order chi connectivity index (χ1) is 8.07. The van der Waals surface area contributed by atoms with Crippen molar-refractivity contribution in [1.29, 1.82) is 0 Å². The van der Waals surface area contributed by atoms with E-state index < -0.39 is 0 Å². The van der Waals surface area contributed by atoms with Crippen LogP contribution in [-0.2, 0) is 0 Å². The average Bonchev–Trinajstić information content (AvgIpc) is 3.09. The van der Waals surface area contributed by atoms with Gasteiger partial charge in [0.05, 0.1) is 6.61 Å². The van der Waals surface area contributed by atoms with Crippen LogP contribution < -0.4 is 10.1 Å². The van der Waals surface area contributed by atoms with Crippen LogP contribution in [0.4, 0.5) is 4.39 Å². The molecule has 2 nitrogen and oxygen atoms in total. The summed E-state index contributed by atoms with van der Waals surface area (Å²) in [7, 11) is 0. The number of ether oxygens (including phenoxy) is 1. The lowest BCUT2D eigenvalue weighted by Crippen LogP contribution is -2.35. The molecule has 17 heavy (non-hydrogen) atoms. The van der Waals surface area contributed by atoms with Gasteiger partial charge in [-0.15, -0.1) is 0 Å². The molecule has 0 atom stereocenters. The quantitative estimate of drug-likeness (QED) is 0.821. The van der Waals surface area contributed by atoms with Gasteiger partial charge in [-0.2, -0.15) is 0 Å². The number of halogens is 1. The van der Waals surface area contributed by atoms with E-state index in [1.807, 2.05) is 0 Å². The molecule has 0 heterocycles. The molecule has 0 spiro atoms. The topological polar surface area (TPSA) is 21.3 Å². The number of rotatable bonds is 6. The van der Waals surface area contributed by atoms with Gasteiger partial charge in [0, 0.05) is 18.0 Å². The van der Waals surface area contributed by atoms with Crippen LogP contribution in [0, 0.1) is 11.2 Å². The Morgan fingerprint density at radius 2 is 2.06 bits per heavy atom. The van der Waals surface area contributed by atoms with Crippen molar-refractivity contribution in [2.24, 2.45) is 5.41 Å². The zero-order valence-corrected chi connectivity index (χ0v) is 10.5. The van der Waals surface area contributed by atoms with E-state index in [0.717, 1.165) is 6.54 Å². The molecule has 1 aliphatic rings. The molecule has 2 rings (SSSR count). The summed E-state index contributed by atoms with van der Waals surface area (Å²) in [6, 6.07) is 7.24. The highest BCUT2D eigenvalue weighted by Gasteiger charge is 2.25. The summed E-state index contributed by atoms with van der Waals surface area (Å²) in [6.07, 6.45) is 2.56. The average molecular weight is 237 g/mol. The monoisotopic (exact) mass is 237 g/mol. The largest absolute Gasteiger partial charge is 0.490 e. The normalized spacial score (nSPS) is 15.9. The maximum Gasteiger partial charge on any atom is 0.165 e. The van der Waals surface area contributed by atoms with Crippen LogP contribution in [0.5, 0.6) is 5.75 Å². The number of hydrogen-bond acceptors (Lipinski definition) is 2. The highest BCUT2D eigenvalue weighted by atomic mass is 19.1. The molecular weight excluding hydrogens is 217 g/mol. The molecule has 1 saturated carbocycles. The first-order valence-electron chi connectivity index (χ1n) is 6.17. The Balaban J connectivity index is 1.81. The van der Waals surface area contributed by atoms with Gasteiger partial charge in [0.2, 0.25) is 0 Å². The minimum Gasteiger partial charge on any atom is -0.490 e. The third kappa shape index (κ3) is 4.00. The van der Waals surface area contributed by atoms with Crippen molar-refractivity contribution in [1.82, 2.24) is 5.32 Å². The van der Waals surface area contributed by atoms with E-state index in [1.54, 1.807) is 18.2 Å². The highest BCUT2D eigenvalue weighted by Crippen LogP contribution is 2.23. The second-order valence-electron chi connectivity index (χ2n) is 5.54. The second-order valence-corrected chi connectivity index (χ2v) is 5.54. The van der Waals surface area contributed by atoms with Gasteiger partial charge in [-0.05, 0) is 25.0 Å². The van der Waals surface area contributed by atoms with E-state index >= 15 is 0 Å². The Morgan fingerprint density at radius 3 is 2.71 bits per heavy atom. The minimum atomic E-state index is -0.293. The molecule has 1 aliphatic carbocycles. The van der Waals surface area contributed by atoms with E-state index in [2.05, 4.69) is 19.2 Å². The van der Waals surface area contributed by atoms with Crippen molar-refractivity contribution in [2.75, 3.05) is 13.2 Å². The van der Waals surface area contributed by atoms with Gasteiger partial charge in [0.1, 0.15) is 0 Å². The SMILES string of the molecule is CC(C)(CNC1CC1)COc1ccccc1F. The number of para-hydroxylation sites is 1. The molecular formula is C14H20FNO. The molecule has 0 bridgehead atoms. The van der Waals surface area contributed by atoms with Crippen LogP contribution in [0.1, 0.15) is 26.7 Å². The van der Waals surface area contributed by atoms with Crippen molar-refractivity contribution in [2.45, 2.75) is 32.7 Å². The molecule has 0 saturated heterocycles. The molecule has 0 aliphatic heterocycles. The van der Waals surface area contributed by atoms with Crippen LogP contribution in [0.2, 0.25) is 0 Å². The van der Waals surface area contributed by atoms with Gasteiger partial charge >= 0.3 is 0 Å². The summed E-state index contributed by atoms with van der Waals surface area (Å²) in [5.74, 6) is 0.0467. The van der Waals surface area contributed by atoms with Gasteiger partial charge in [-0.25, -0.2) is 4.39 Å². The molecule has 1 fully saturated rings. The third-order valence-corrected chi connectivity index (χ3v) is 2.90. The number of hydrogen-bond donors (Lipinski definition) is 1. The van der Waals surface area contributed by atoms with Gasteiger partial charge in [0.15, 0.2) is 11.6 Å². The van der Waals surface area contributed by atoms with E-state index in [0.29, 0.717) is 18.4 Å². The summed E-state index contributed by atoms with van der Waals surface area (Å²) < 4.78 is 18.9. The van der Waals surface area contributed by atoms with Crippen molar-refractivity contribution < 1.29 is 9.13 Å². The standard InChI is InChI=1S/C14H20FNO/c1-14(2,9-16-11-7-8-11)10-17-13-6-4-3-5-12(13)15/h3-6,11,16H,7-10H2,1-2H3. The van der Waals surface area contributed by atoms with Gasteiger partial charge < -0.3 is 10.1 Å². The maximum atomic E-state index is 13.3. The predicted molar refractivity (Wildman–Crippen MR) is 66.7 cm³/mol. The number of benzene rings is 1. The predicted octanol–water partition coefficient (Wildman–Crippen LogP) is 2.98. The molecule has 0 aromatic heterocycles. The summed E-state index contributed by atoms with van der Waals surface area (Å²) in [5.41, 5.74) is 0.0187. The first kappa shape index (κ1) is 12.4. The lowest BCUT2D eigenvalue weighted by Gasteiger charge is -2.25. The first-order valence-corrected chi connectivity index (χ1v) is 6.17. The maximum absolute atomic E-state index is 13.3. The fraction of sp³-hybridized carbons (Fsp3) is 0.571. The lowest BCUT2D eigenvalue weighted by atomic mass is 9.95. The second kappa shape index (κ2) is 5.05. The molecule has 3 heteroatoms. The fourth-order valence-electron chi connectivity index (χ4n) is 1.59. The molecule has 0 radical (unpaired) electrons. The fourth-order valence-corrected chi connectivity index (χ4v) is 1.59. The van der Waals surface area contributed by atoms with Gasteiger partial charge in [-0.3, -0.25) is 0 Å². The van der Waals surface area contributed by atoms with Crippen LogP contribution in [0.15, 0.2) is 24.3 Å². The summed E-state index contributed by atoms with van der Waals surface area (Å²) in [5, 5.41) is 3.47. The Hall–Kier alpha value is -1.09. The van der Waals surface area contributed by atoms with E-state index in [1.165, 1.54) is 18.9 Å². The van der Waals surface area contributed by atoms with Gasteiger partial charge in [0.25, 0.3) is 0 Å². The van der Waals surface area contributed by atoms with Crippen LogP contribution >= 0.6 is 0 Å². The van der Waals surface area contributed by atoms with Gasteiger partial charge in [-0.1, -0.05) is 26.0 Å². The summed E-state index contributed by atoms with van der Waals surface area (Å²) >= 11 is 0. The Kier molecular flexibility index (Phi) is 3.67. The van der Waals surface area contributed by atoms with E-state index in [-0.39, 0.29) is 11.2 Å². The van der Waals surface area contributed by atoms with Crippen molar-refractivity contribution in [3.8, 4) is 5.75 Å². The van der Waals surface area contributed by atoms with Crippen molar-refractivity contribution >= 4 is 0 Å². The van der Waals surface area contributed by atoms with E-state index in [4.69, 9.17) is 4.74 Å². The molecule has 0 unspecified atom stereocenters. The Morgan fingerprint density at radius 1 is 1.35 bits per heavy atom. The summed E-state index contributed by atoms with van der Waals surface area (Å²) in [6.45, 7) is 5.69. The highest BCUT2D eigenvalue weighted by molar-refractivity contribution is 5.23. The van der Waals surface area contributed by atoms with E-state index in [9.17, 15) is 4.39 Å². The Bertz CT molecular complexity index is 374. The van der Waals surface area contributed by atoms with Crippen molar-refractivity contribution in [3.63, 3.8) is 0 Å². The minimum absolute atomic E-state index is 0.0187. The molecule has 1 N–H and O–H groups in total. The lowest BCUT2D eigenvalue weighted by molar-refractivity contribution is 0.170. The van der Waals surface area contributed by atoms with Crippen LogP contribution in [-0.4, -0.2) is 19.2 Å². The third-order valence-electron chi connectivity index (χ3n) is 2.90. The van der Waals surface area contributed by atoms with Crippen LogP contribution in [0.3, 0.4) is 0 Å². The number of nitrogens with one attached hydrogen (secondary N) is 1. The molecule has 1 aromatic rings. The zero-order chi connectivity index (χ0) is 12.3. The smallest absolute Gasteiger partial charge is 0.165 e. The summed E-state index contributed by atoms with van der Waals surface area (Å²) in [4.78, 5) is 0. The zero-order valence-electron chi connectivity index (χ0n) is 10.5.